The number of hydrogen-bond donors (Lipinski definition) is 1. The minimum absolute atomic E-state index is 0.0632. The van der Waals surface area contributed by atoms with Crippen LogP contribution in [0.4, 0.5) is 0 Å². The van der Waals surface area contributed by atoms with Gasteiger partial charge in [0.25, 0.3) is 11.7 Å². The summed E-state index contributed by atoms with van der Waals surface area (Å²) in [4.78, 5) is 36.1. The van der Waals surface area contributed by atoms with E-state index in [0.717, 1.165) is 16.7 Å². The first-order chi connectivity index (χ1) is 16.3. The molecule has 1 saturated heterocycles. The van der Waals surface area contributed by atoms with E-state index in [9.17, 15) is 14.7 Å². The Bertz CT molecular complexity index is 1250. The Morgan fingerprint density at radius 2 is 1.68 bits per heavy atom. The zero-order valence-electron chi connectivity index (χ0n) is 19.6. The normalized spacial score (nSPS) is 17.4. The van der Waals surface area contributed by atoms with E-state index in [-0.39, 0.29) is 23.8 Å². The highest BCUT2D eigenvalue weighted by atomic mass is 16.5. The van der Waals surface area contributed by atoms with Gasteiger partial charge in [-0.25, -0.2) is 0 Å². The number of nitrogens with zero attached hydrogens (tertiary/aromatic N) is 3. The maximum atomic E-state index is 13.3. The van der Waals surface area contributed by atoms with Crippen LogP contribution < -0.4 is 4.74 Å². The molecule has 1 aliphatic rings. The highest BCUT2D eigenvalue weighted by Gasteiger charge is 2.46. The Balaban J connectivity index is 1.90. The number of methoxy groups -OCH3 is 1. The summed E-state index contributed by atoms with van der Waals surface area (Å²) >= 11 is 0. The largest absolute Gasteiger partial charge is 0.507 e. The monoisotopic (exact) mass is 457 g/mol. The van der Waals surface area contributed by atoms with E-state index >= 15 is 0 Å². The van der Waals surface area contributed by atoms with Crippen LogP contribution in [0, 0.1) is 6.92 Å². The first-order valence-corrected chi connectivity index (χ1v) is 11.1. The highest BCUT2D eigenvalue weighted by Crippen LogP contribution is 2.41. The third kappa shape index (κ3) is 4.17. The van der Waals surface area contributed by atoms with E-state index in [1.54, 1.807) is 56.2 Å². The maximum Gasteiger partial charge on any atom is 0.295 e. The van der Waals surface area contributed by atoms with Crippen molar-refractivity contribution in [3.63, 3.8) is 0 Å². The minimum Gasteiger partial charge on any atom is -0.507 e. The van der Waals surface area contributed by atoms with Gasteiger partial charge >= 0.3 is 0 Å². The van der Waals surface area contributed by atoms with Gasteiger partial charge in [-0.15, -0.1) is 0 Å². The van der Waals surface area contributed by atoms with Gasteiger partial charge in [0.05, 0.1) is 18.7 Å². The Morgan fingerprint density at radius 3 is 2.26 bits per heavy atom. The summed E-state index contributed by atoms with van der Waals surface area (Å²) in [5.41, 5.74) is 3.74. The molecule has 0 aliphatic carbocycles. The number of aromatic nitrogens is 2. The van der Waals surface area contributed by atoms with Crippen molar-refractivity contribution < 1.29 is 19.4 Å². The second kappa shape index (κ2) is 9.47. The molecule has 7 heteroatoms. The molecule has 1 amide bonds. The molecular formula is C27H27N3O4. The van der Waals surface area contributed by atoms with Gasteiger partial charge in [0.2, 0.25) is 0 Å². The number of amides is 1. The molecular weight excluding hydrogens is 430 g/mol. The number of carbonyl (C=O) groups is 2. The molecule has 3 heterocycles. The molecule has 1 unspecified atom stereocenters. The van der Waals surface area contributed by atoms with Crippen molar-refractivity contribution in [2.24, 2.45) is 0 Å². The molecule has 7 nitrogen and oxygen atoms in total. The number of likely N-dealkylation sites (tertiary alicyclic amines) is 1. The lowest BCUT2D eigenvalue weighted by atomic mass is 9.91. The van der Waals surface area contributed by atoms with E-state index < -0.39 is 17.7 Å². The van der Waals surface area contributed by atoms with Crippen LogP contribution in [-0.2, 0) is 16.1 Å². The van der Waals surface area contributed by atoms with Gasteiger partial charge in [-0.3, -0.25) is 19.6 Å². The molecule has 2 aromatic heterocycles. The van der Waals surface area contributed by atoms with Crippen LogP contribution in [-0.4, -0.2) is 38.8 Å². The fourth-order valence-electron chi connectivity index (χ4n) is 4.35. The molecule has 4 rings (SSSR count). The molecule has 174 valence electrons. The smallest absolute Gasteiger partial charge is 0.295 e. The summed E-state index contributed by atoms with van der Waals surface area (Å²) in [5, 5.41) is 11.5. The molecule has 1 aliphatic heterocycles. The molecule has 1 fully saturated rings. The maximum absolute atomic E-state index is 13.3. The van der Waals surface area contributed by atoms with Gasteiger partial charge < -0.3 is 14.7 Å². The zero-order valence-corrected chi connectivity index (χ0v) is 19.6. The van der Waals surface area contributed by atoms with Crippen molar-refractivity contribution >= 4 is 17.4 Å². The highest BCUT2D eigenvalue weighted by molar-refractivity contribution is 6.46. The number of rotatable bonds is 6. The van der Waals surface area contributed by atoms with E-state index in [2.05, 4.69) is 9.97 Å². The molecule has 1 aromatic carbocycles. The number of hydrogen-bond acceptors (Lipinski definition) is 6. The van der Waals surface area contributed by atoms with E-state index in [1.807, 2.05) is 32.9 Å². The van der Waals surface area contributed by atoms with Gasteiger partial charge in [0, 0.05) is 36.9 Å². The van der Waals surface area contributed by atoms with Gasteiger partial charge in [-0.1, -0.05) is 13.8 Å². The van der Waals surface area contributed by atoms with Crippen LogP contribution in [0.15, 0.2) is 66.8 Å². The Hall–Kier alpha value is -4.00. The lowest BCUT2D eigenvalue weighted by molar-refractivity contribution is -0.140. The third-order valence-electron chi connectivity index (χ3n) is 6.12. The molecule has 0 saturated carbocycles. The lowest BCUT2D eigenvalue weighted by Gasteiger charge is -2.25. The van der Waals surface area contributed by atoms with Crippen molar-refractivity contribution in [3.05, 3.63) is 94.6 Å². The predicted molar refractivity (Wildman–Crippen MR) is 128 cm³/mol. The number of benzene rings is 1. The Labute approximate surface area is 198 Å². The SMILES string of the molecule is COc1cc(C)c(/C(O)=C2\C(=O)C(=O)N(Cc3ccncc3)C2c2ccncc2)cc1C(C)C. The number of carbonyl (C=O) groups excluding carboxylic acids is 2. The minimum atomic E-state index is -0.750. The summed E-state index contributed by atoms with van der Waals surface area (Å²) in [6, 6.07) is 10.0. The van der Waals surface area contributed by atoms with Crippen molar-refractivity contribution in [1.29, 1.82) is 0 Å². The van der Waals surface area contributed by atoms with Crippen molar-refractivity contribution in [1.82, 2.24) is 14.9 Å². The van der Waals surface area contributed by atoms with Crippen LogP contribution in [0.2, 0.25) is 0 Å². The average Bonchev–Trinajstić information content (AvgIpc) is 3.09. The van der Waals surface area contributed by atoms with Gasteiger partial charge in [0.1, 0.15) is 11.5 Å². The van der Waals surface area contributed by atoms with Crippen LogP contribution >= 0.6 is 0 Å². The number of ketones is 1. The lowest BCUT2D eigenvalue weighted by Crippen LogP contribution is -2.29. The third-order valence-corrected chi connectivity index (χ3v) is 6.12. The summed E-state index contributed by atoms with van der Waals surface area (Å²) in [5.74, 6) is -0.718. The zero-order chi connectivity index (χ0) is 24.4. The topological polar surface area (TPSA) is 92.6 Å². The number of ether oxygens (including phenoxy) is 1. The first kappa shape index (κ1) is 23.2. The molecule has 1 atom stereocenters. The Kier molecular flexibility index (Phi) is 6.45. The van der Waals surface area contributed by atoms with Crippen LogP contribution in [0.25, 0.3) is 5.76 Å². The quantitative estimate of drug-likeness (QED) is 0.332. The summed E-state index contributed by atoms with van der Waals surface area (Å²) in [7, 11) is 1.61. The van der Waals surface area contributed by atoms with Gasteiger partial charge in [-0.05, 0) is 71.5 Å². The number of aliphatic hydroxyl groups excluding tert-OH is 1. The Morgan fingerprint density at radius 1 is 1.06 bits per heavy atom. The second-order valence-electron chi connectivity index (χ2n) is 8.63. The fraction of sp³-hybridized carbons (Fsp3) is 0.259. The molecule has 0 radical (unpaired) electrons. The predicted octanol–water partition coefficient (Wildman–Crippen LogP) is 4.54. The number of aryl methyl sites for hydroxylation is 1. The molecule has 1 N–H and O–H groups in total. The number of Topliss-reactive ketones (excluding diaryl/α,β-unsaturated/α-hetero) is 1. The van der Waals surface area contributed by atoms with Crippen LogP contribution in [0.1, 0.15) is 53.6 Å². The van der Waals surface area contributed by atoms with Crippen molar-refractivity contribution in [2.45, 2.75) is 39.3 Å². The van der Waals surface area contributed by atoms with Crippen LogP contribution in [0.3, 0.4) is 0 Å². The summed E-state index contributed by atoms with van der Waals surface area (Å²) in [6.45, 7) is 6.11. The number of pyridine rings is 2. The average molecular weight is 458 g/mol. The second-order valence-corrected chi connectivity index (χ2v) is 8.63. The van der Waals surface area contributed by atoms with Gasteiger partial charge in [0.15, 0.2) is 0 Å². The van der Waals surface area contributed by atoms with Crippen molar-refractivity contribution in [2.75, 3.05) is 7.11 Å². The molecule has 0 bridgehead atoms. The molecule has 3 aromatic rings. The van der Waals surface area contributed by atoms with E-state index in [0.29, 0.717) is 16.9 Å². The summed E-state index contributed by atoms with van der Waals surface area (Å²) in [6.07, 6.45) is 6.50. The van der Waals surface area contributed by atoms with E-state index in [4.69, 9.17) is 4.74 Å². The van der Waals surface area contributed by atoms with Crippen LogP contribution in [0.5, 0.6) is 5.75 Å². The first-order valence-electron chi connectivity index (χ1n) is 11.1. The van der Waals surface area contributed by atoms with Gasteiger partial charge in [-0.2, -0.15) is 0 Å². The standard InChI is InChI=1S/C27H27N3O4/c1-16(2)20-14-21(17(3)13-22(20)34-4)25(31)23-24(19-7-11-29-12-8-19)30(27(33)26(23)32)15-18-5-9-28-10-6-18/h5-14,16,24,31H,15H2,1-4H3/b25-23+. The molecule has 34 heavy (non-hydrogen) atoms. The fourth-order valence-corrected chi connectivity index (χ4v) is 4.35. The summed E-state index contributed by atoms with van der Waals surface area (Å²) < 4.78 is 5.52. The molecule has 0 spiro atoms. The number of aliphatic hydroxyl groups is 1. The van der Waals surface area contributed by atoms with E-state index in [1.165, 1.54) is 4.90 Å². The van der Waals surface area contributed by atoms with Crippen molar-refractivity contribution in [3.8, 4) is 5.75 Å².